The molecule has 70 valence electrons. The normalized spacial score (nSPS) is 9.77. The third-order valence-corrected chi connectivity index (χ3v) is 2.18. The van der Waals surface area contributed by atoms with Gasteiger partial charge in [-0.05, 0) is 29.5 Å². The van der Waals surface area contributed by atoms with Crippen LogP contribution in [0.1, 0.15) is 17.3 Å². The van der Waals surface area contributed by atoms with E-state index >= 15 is 0 Å². The van der Waals surface area contributed by atoms with Crippen molar-refractivity contribution in [1.82, 2.24) is 4.98 Å². The first-order valence-electron chi connectivity index (χ1n) is 3.63. The lowest BCUT2D eigenvalue weighted by molar-refractivity contribution is 0.0524. The van der Waals surface area contributed by atoms with Crippen LogP contribution in [0.3, 0.4) is 0 Å². The lowest BCUT2D eigenvalue weighted by atomic mass is 10.3. The number of ether oxygens (including phenoxy) is 1. The average Bonchev–Trinajstić information content (AvgIpc) is 2.09. The molecule has 3 nitrogen and oxygen atoms in total. The van der Waals surface area contributed by atoms with Crippen molar-refractivity contribution in [2.45, 2.75) is 6.92 Å². The summed E-state index contributed by atoms with van der Waals surface area (Å²) < 4.78 is 17.9. The van der Waals surface area contributed by atoms with Gasteiger partial charge in [-0.25, -0.2) is 9.78 Å². The molecule has 0 fully saturated rings. The van der Waals surface area contributed by atoms with Gasteiger partial charge in [0.05, 0.1) is 12.2 Å². The quantitative estimate of drug-likeness (QED) is 0.476. The van der Waals surface area contributed by atoms with Crippen molar-refractivity contribution >= 4 is 28.6 Å². The number of pyridine rings is 1. The van der Waals surface area contributed by atoms with Crippen molar-refractivity contribution in [3.05, 3.63) is 27.3 Å². The van der Waals surface area contributed by atoms with Crippen LogP contribution < -0.4 is 0 Å². The molecule has 0 atom stereocenters. The highest BCUT2D eigenvalue weighted by atomic mass is 127. The molecule has 0 aliphatic heterocycles. The van der Waals surface area contributed by atoms with E-state index in [2.05, 4.69) is 4.98 Å². The Labute approximate surface area is 88.4 Å². The summed E-state index contributed by atoms with van der Waals surface area (Å²) in [6.45, 7) is 1.97. The third-order valence-electron chi connectivity index (χ3n) is 1.32. The second kappa shape index (κ2) is 4.50. The van der Waals surface area contributed by atoms with E-state index in [4.69, 9.17) is 4.74 Å². The van der Waals surface area contributed by atoms with Gasteiger partial charge in [0.25, 0.3) is 0 Å². The summed E-state index contributed by atoms with van der Waals surface area (Å²) in [5.41, 5.74) is 0.218. The fourth-order valence-electron chi connectivity index (χ4n) is 0.778. The van der Waals surface area contributed by atoms with E-state index < -0.39 is 11.9 Å². The van der Waals surface area contributed by atoms with Crippen molar-refractivity contribution in [3.8, 4) is 0 Å². The number of halogens is 2. The van der Waals surface area contributed by atoms with Gasteiger partial charge in [-0.2, -0.15) is 4.39 Å². The van der Waals surface area contributed by atoms with Crippen LogP contribution in [-0.4, -0.2) is 17.6 Å². The van der Waals surface area contributed by atoms with Crippen LogP contribution >= 0.6 is 22.6 Å². The number of carbonyl (C=O) groups excluding carboxylic acids is 1. The highest BCUT2D eigenvalue weighted by molar-refractivity contribution is 14.1. The Morgan fingerprint density at radius 3 is 3.08 bits per heavy atom. The van der Waals surface area contributed by atoms with E-state index in [-0.39, 0.29) is 12.2 Å². The van der Waals surface area contributed by atoms with Gasteiger partial charge in [-0.3, -0.25) is 0 Å². The molecule has 0 saturated heterocycles. The Bertz CT molecular complexity index is 330. The zero-order valence-electron chi connectivity index (χ0n) is 6.88. The lowest BCUT2D eigenvalue weighted by Gasteiger charge is -2.02. The molecule has 1 aromatic heterocycles. The number of nitrogens with zero attached hydrogens (tertiary/aromatic N) is 1. The van der Waals surface area contributed by atoms with Crippen molar-refractivity contribution in [1.29, 1.82) is 0 Å². The topological polar surface area (TPSA) is 39.2 Å². The molecule has 1 aromatic rings. The summed E-state index contributed by atoms with van der Waals surface area (Å²) in [4.78, 5) is 14.6. The van der Waals surface area contributed by atoms with Crippen LogP contribution in [0.5, 0.6) is 0 Å². The lowest BCUT2D eigenvalue weighted by Crippen LogP contribution is -2.07. The van der Waals surface area contributed by atoms with Gasteiger partial charge in [0.15, 0.2) is 0 Å². The molecule has 0 bridgehead atoms. The zero-order chi connectivity index (χ0) is 9.84. The molecule has 0 amide bonds. The van der Waals surface area contributed by atoms with Crippen molar-refractivity contribution in [2.75, 3.05) is 6.61 Å². The maximum absolute atomic E-state index is 12.6. The molecule has 0 aromatic carbocycles. The minimum Gasteiger partial charge on any atom is -0.462 e. The molecule has 0 aliphatic carbocycles. The molecule has 1 rings (SSSR count). The SMILES string of the molecule is CCOC(=O)c1cc(F)ncc1I. The molecule has 0 unspecified atom stereocenters. The molecule has 0 radical (unpaired) electrons. The van der Waals surface area contributed by atoms with Gasteiger partial charge in [0.1, 0.15) is 0 Å². The fourth-order valence-corrected chi connectivity index (χ4v) is 1.29. The van der Waals surface area contributed by atoms with Crippen molar-refractivity contribution in [2.24, 2.45) is 0 Å². The van der Waals surface area contributed by atoms with Crippen molar-refractivity contribution in [3.63, 3.8) is 0 Å². The van der Waals surface area contributed by atoms with Gasteiger partial charge in [-0.1, -0.05) is 0 Å². The average molecular weight is 295 g/mol. The Balaban J connectivity index is 2.99. The number of hydrogen-bond acceptors (Lipinski definition) is 3. The summed E-state index contributed by atoms with van der Waals surface area (Å²) in [7, 11) is 0. The number of carbonyl (C=O) groups is 1. The third kappa shape index (κ3) is 2.61. The Morgan fingerprint density at radius 2 is 2.46 bits per heavy atom. The smallest absolute Gasteiger partial charge is 0.339 e. The van der Waals surface area contributed by atoms with E-state index in [0.717, 1.165) is 6.07 Å². The van der Waals surface area contributed by atoms with E-state index in [9.17, 15) is 9.18 Å². The van der Waals surface area contributed by atoms with Gasteiger partial charge in [-0.15, -0.1) is 0 Å². The number of hydrogen-bond donors (Lipinski definition) is 0. The standard InChI is InChI=1S/C8H7FINO2/c1-2-13-8(12)5-3-7(9)11-4-6(5)10/h3-4H,2H2,1H3. The second-order valence-electron chi connectivity index (χ2n) is 2.21. The fraction of sp³-hybridized carbons (Fsp3) is 0.250. The molecule has 0 N–H and O–H groups in total. The Morgan fingerprint density at radius 1 is 1.77 bits per heavy atom. The summed E-state index contributed by atoms with van der Waals surface area (Å²) in [5, 5.41) is 0. The van der Waals surface area contributed by atoms with Gasteiger partial charge in [0, 0.05) is 15.8 Å². The van der Waals surface area contributed by atoms with Crippen LogP contribution in [0.2, 0.25) is 0 Å². The van der Waals surface area contributed by atoms with Crippen LogP contribution in [0.4, 0.5) is 4.39 Å². The molecule has 0 aliphatic rings. The molecule has 0 saturated carbocycles. The van der Waals surface area contributed by atoms with Gasteiger partial charge in [0.2, 0.25) is 5.95 Å². The number of rotatable bonds is 2. The summed E-state index contributed by atoms with van der Waals surface area (Å²) in [6.07, 6.45) is 1.29. The maximum Gasteiger partial charge on any atom is 0.339 e. The van der Waals surface area contributed by atoms with Crippen molar-refractivity contribution < 1.29 is 13.9 Å². The highest BCUT2D eigenvalue weighted by Gasteiger charge is 2.12. The van der Waals surface area contributed by atoms with E-state index in [1.54, 1.807) is 6.92 Å². The van der Waals surface area contributed by atoms with Crippen LogP contribution in [-0.2, 0) is 4.74 Å². The predicted octanol–water partition coefficient (Wildman–Crippen LogP) is 2.00. The summed E-state index contributed by atoms with van der Waals surface area (Å²) in [5.74, 6) is -1.20. The van der Waals surface area contributed by atoms with E-state index in [0.29, 0.717) is 3.57 Å². The highest BCUT2D eigenvalue weighted by Crippen LogP contribution is 2.12. The molecule has 1 heterocycles. The maximum atomic E-state index is 12.6. The van der Waals surface area contributed by atoms with Crippen LogP contribution in [0.25, 0.3) is 0 Å². The summed E-state index contributed by atoms with van der Waals surface area (Å²) in [6, 6.07) is 1.07. The number of aromatic nitrogens is 1. The Kier molecular flexibility index (Phi) is 3.58. The summed E-state index contributed by atoms with van der Waals surface area (Å²) >= 11 is 1.90. The molecular weight excluding hydrogens is 288 g/mol. The van der Waals surface area contributed by atoms with Crippen LogP contribution in [0.15, 0.2) is 12.3 Å². The molecule has 5 heteroatoms. The van der Waals surface area contributed by atoms with Gasteiger partial charge >= 0.3 is 5.97 Å². The second-order valence-corrected chi connectivity index (χ2v) is 3.37. The molecule has 13 heavy (non-hydrogen) atoms. The van der Waals surface area contributed by atoms with E-state index in [1.165, 1.54) is 6.20 Å². The van der Waals surface area contributed by atoms with Crippen LogP contribution in [0, 0.1) is 9.52 Å². The largest absolute Gasteiger partial charge is 0.462 e. The Hall–Kier alpha value is -0.720. The first-order valence-corrected chi connectivity index (χ1v) is 4.71. The minimum atomic E-state index is -0.677. The zero-order valence-corrected chi connectivity index (χ0v) is 9.04. The monoisotopic (exact) mass is 295 g/mol. The minimum absolute atomic E-state index is 0.218. The predicted molar refractivity (Wildman–Crippen MR) is 52.9 cm³/mol. The first-order chi connectivity index (χ1) is 6.15. The first kappa shape index (κ1) is 10.4. The molecule has 0 spiro atoms. The number of esters is 1. The van der Waals surface area contributed by atoms with E-state index in [1.807, 2.05) is 22.6 Å². The molecular formula is C8H7FINO2. The van der Waals surface area contributed by atoms with Gasteiger partial charge < -0.3 is 4.74 Å².